The Bertz CT molecular complexity index is 1170. The molecule has 2 aromatic heterocycles. The third-order valence-electron chi connectivity index (χ3n) is 4.96. The Labute approximate surface area is 162 Å². The van der Waals surface area contributed by atoms with Crippen LogP contribution in [-0.2, 0) is 14.1 Å². The fourth-order valence-electron chi connectivity index (χ4n) is 3.19. The molecule has 0 fully saturated rings. The van der Waals surface area contributed by atoms with Gasteiger partial charge in [-0.3, -0.25) is 18.7 Å². The van der Waals surface area contributed by atoms with Crippen molar-refractivity contribution in [1.29, 1.82) is 0 Å². The van der Waals surface area contributed by atoms with E-state index in [-0.39, 0.29) is 11.7 Å². The number of carbonyl (C=O) groups is 1. The zero-order valence-electron chi connectivity index (χ0n) is 16.6. The zero-order valence-corrected chi connectivity index (χ0v) is 16.6. The second-order valence-corrected chi connectivity index (χ2v) is 6.85. The lowest BCUT2D eigenvalue weighted by Crippen LogP contribution is -2.41. The van der Waals surface area contributed by atoms with Crippen molar-refractivity contribution in [3.63, 3.8) is 0 Å². The van der Waals surface area contributed by atoms with Gasteiger partial charge in [0, 0.05) is 31.4 Å². The lowest BCUT2D eigenvalue weighted by atomic mass is 10.1. The third kappa shape index (κ3) is 3.28. The molecule has 0 spiro atoms. The molecule has 3 aromatic rings. The summed E-state index contributed by atoms with van der Waals surface area (Å²) in [7, 11) is 2.83. The molecule has 1 atom stereocenters. The Morgan fingerprint density at radius 3 is 2.46 bits per heavy atom. The van der Waals surface area contributed by atoms with E-state index in [9.17, 15) is 14.4 Å². The molecule has 1 aromatic carbocycles. The van der Waals surface area contributed by atoms with Crippen LogP contribution in [0.25, 0.3) is 5.69 Å². The van der Waals surface area contributed by atoms with Crippen LogP contribution < -0.4 is 16.6 Å². The summed E-state index contributed by atoms with van der Waals surface area (Å²) >= 11 is 0. The lowest BCUT2D eigenvalue weighted by Gasteiger charge is -2.16. The second-order valence-electron chi connectivity index (χ2n) is 6.85. The van der Waals surface area contributed by atoms with Crippen molar-refractivity contribution in [2.75, 3.05) is 0 Å². The lowest BCUT2D eigenvalue weighted by molar-refractivity contribution is 0.0929. The van der Waals surface area contributed by atoms with Gasteiger partial charge in [0.2, 0.25) is 0 Å². The highest BCUT2D eigenvalue weighted by molar-refractivity contribution is 5.92. The van der Waals surface area contributed by atoms with Crippen LogP contribution in [0.5, 0.6) is 0 Å². The molecule has 0 aliphatic rings. The van der Waals surface area contributed by atoms with Crippen LogP contribution in [0.4, 0.5) is 0 Å². The van der Waals surface area contributed by atoms with E-state index in [0.29, 0.717) is 0 Å². The SMILES string of the molecule is Cc1ccccc1-n1ncc(C(C)NC(=O)c2cc(=O)n(C)c(=O)n2C)c1C. The molecular weight excluding hydrogens is 358 g/mol. The van der Waals surface area contributed by atoms with E-state index in [1.54, 1.807) is 6.20 Å². The highest BCUT2D eigenvalue weighted by atomic mass is 16.2. The van der Waals surface area contributed by atoms with E-state index >= 15 is 0 Å². The molecule has 2 heterocycles. The Morgan fingerprint density at radius 2 is 1.79 bits per heavy atom. The summed E-state index contributed by atoms with van der Waals surface area (Å²) in [4.78, 5) is 36.6. The van der Waals surface area contributed by atoms with Crippen molar-refractivity contribution in [3.8, 4) is 5.69 Å². The van der Waals surface area contributed by atoms with E-state index in [1.165, 1.54) is 14.1 Å². The number of nitrogens with zero attached hydrogens (tertiary/aromatic N) is 4. The average molecular weight is 381 g/mol. The van der Waals surface area contributed by atoms with Gasteiger partial charge in [0.05, 0.1) is 17.9 Å². The predicted octanol–water partition coefficient (Wildman–Crippen LogP) is 1.38. The number of nitrogens with one attached hydrogen (secondary N) is 1. The minimum atomic E-state index is -0.547. The largest absolute Gasteiger partial charge is 0.344 e. The van der Waals surface area contributed by atoms with Crippen LogP contribution >= 0.6 is 0 Å². The molecule has 28 heavy (non-hydrogen) atoms. The standard InChI is InChI=1S/C20H23N5O3/c1-12-8-6-7-9-16(12)25-14(3)15(11-21-25)13(2)22-19(27)17-10-18(26)24(5)20(28)23(17)4/h6-11,13H,1-5H3,(H,22,27). The molecule has 1 N–H and O–H groups in total. The topological polar surface area (TPSA) is 90.9 Å². The summed E-state index contributed by atoms with van der Waals surface area (Å²) in [5.41, 5.74) is 2.76. The van der Waals surface area contributed by atoms with Gasteiger partial charge in [-0.15, -0.1) is 0 Å². The first-order chi connectivity index (χ1) is 13.2. The first-order valence-corrected chi connectivity index (χ1v) is 8.90. The second kappa shape index (κ2) is 7.30. The number of para-hydroxylation sites is 1. The molecule has 8 heteroatoms. The smallest absolute Gasteiger partial charge is 0.331 e. The van der Waals surface area contributed by atoms with Crippen LogP contribution in [0, 0.1) is 13.8 Å². The summed E-state index contributed by atoms with van der Waals surface area (Å²) in [6.07, 6.45) is 1.72. The van der Waals surface area contributed by atoms with Crippen molar-refractivity contribution in [1.82, 2.24) is 24.2 Å². The van der Waals surface area contributed by atoms with E-state index in [2.05, 4.69) is 10.4 Å². The number of hydrogen-bond acceptors (Lipinski definition) is 4. The van der Waals surface area contributed by atoms with Crippen molar-refractivity contribution in [3.05, 3.63) is 79.9 Å². The molecule has 1 unspecified atom stereocenters. The summed E-state index contributed by atoms with van der Waals surface area (Å²) < 4.78 is 3.95. The molecule has 1 amide bonds. The van der Waals surface area contributed by atoms with Gasteiger partial charge in [-0.25, -0.2) is 9.48 Å². The van der Waals surface area contributed by atoms with Crippen molar-refractivity contribution in [2.45, 2.75) is 26.8 Å². The molecule has 3 rings (SSSR count). The van der Waals surface area contributed by atoms with Crippen LogP contribution in [0.1, 0.15) is 40.3 Å². The molecule has 8 nitrogen and oxygen atoms in total. The number of aromatic nitrogens is 4. The first-order valence-electron chi connectivity index (χ1n) is 8.90. The van der Waals surface area contributed by atoms with Crippen LogP contribution in [0.3, 0.4) is 0 Å². The van der Waals surface area contributed by atoms with Crippen molar-refractivity contribution < 1.29 is 4.79 Å². The normalized spacial score (nSPS) is 12.0. The van der Waals surface area contributed by atoms with Gasteiger partial charge in [0.1, 0.15) is 5.69 Å². The van der Waals surface area contributed by atoms with Gasteiger partial charge >= 0.3 is 5.69 Å². The maximum Gasteiger partial charge on any atom is 0.331 e. The number of aryl methyl sites for hydroxylation is 1. The van der Waals surface area contributed by atoms with E-state index in [4.69, 9.17) is 0 Å². The number of amides is 1. The number of carbonyl (C=O) groups excluding carboxylic acids is 1. The third-order valence-corrected chi connectivity index (χ3v) is 4.96. The molecule has 0 saturated carbocycles. The molecule has 0 saturated heterocycles. The minimum Gasteiger partial charge on any atom is -0.344 e. The van der Waals surface area contributed by atoms with Gasteiger partial charge in [-0.1, -0.05) is 18.2 Å². The fraction of sp³-hybridized carbons (Fsp3) is 0.300. The quantitative estimate of drug-likeness (QED) is 0.739. The summed E-state index contributed by atoms with van der Waals surface area (Å²) in [6, 6.07) is 8.72. The zero-order chi connectivity index (χ0) is 20.6. The number of rotatable bonds is 4. The average Bonchev–Trinajstić information content (AvgIpc) is 3.04. The maximum atomic E-state index is 12.7. The molecule has 0 aliphatic heterocycles. The molecular formula is C20H23N5O3. The molecule has 0 bridgehead atoms. The van der Waals surface area contributed by atoms with Crippen molar-refractivity contribution >= 4 is 5.91 Å². The van der Waals surface area contributed by atoms with E-state index in [0.717, 1.165) is 37.7 Å². The summed E-state index contributed by atoms with van der Waals surface area (Å²) in [5, 5.41) is 7.31. The summed E-state index contributed by atoms with van der Waals surface area (Å²) in [6.45, 7) is 5.78. The van der Waals surface area contributed by atoms with Crippen LogP contribution in [0.15, 0.2) is 46.1 Å². The first kappa shape index (κ1) is 19.3. The van der Waals surface area contributed by atoms with Gasteiger partial charge in [-0.2, -0.15) is 5.10 Å². The van der Waals surface area contributed by atoms with E-state index < -0.39 is 17.2 Å². The van der Waals surface area contributed by atoms with Crippen molar-refractivity contribution in [2.24, 2.45) is 14.1 Å². The highest BCUT2D eigenvalue weighted by Crippen LogP contribution is 2.22. The Balaban J connectivity index is 1.90. The van der Waals surface area contributed by atoms with Gasteiger partial charge in [0.25, 0.3) is 11.5 Å². The van der Waals surface area contributed by atoms with E-state index in [1.807, 2.05) is 49.7 Å². The summed E-state index contributed by atoms with van der Waals surface area (Å²) in [5.74, 6) is -0.493. The van der Waals surface area contributed by atoms with Gasteiger partial charge < -0.3 is 5.32 Å². The maximum absolute atomic E-state index is 12.7. The monoisotopic (exact) mass is 381 g/mol. The minimum absolute atomic E-state index is 0.0175. The highest BCUT2D eigenvalue weighted by Gasteiger charge is 2.20. The van der Waals surface area contributed by atoms with Crippen LogP contribution in [-0.4, -0.2) is 24.8 Å². The predicted molar refractivity (Wildman–Crippen MR) is 106 cm³/mol. The Kier molecular flexibility index (Phi) is 5.04. The Morgan fingerprint density at radius 1 is 1.11 bits per heavy atom. The fourth-order valence-corrected chi connectivity index (χ4v) is 3.19. The molecule has 0 aliphatic carbocycles. The number of hydrogen-bond donors (Lipinski definition) is 1. The molecule has 0 radical (unpaired) electrons. The van der Waals surface area contributed by atoms with Gasteiger partial charge in [-0.05, 0) is 32.4 Å². The van der Waals surface area contributed by atoms with Gasteiger partial charge in [0.15, 0.2) is 0 Å². The van der Waals surface area contributed by atoms with Crippen LogP contribution in [0.2, 0.25) is 0 Å². The number of benzene rings is 1. The Hall–Kier alpha value is -3.42. The molecule has 146 valence electrons.